The summed E-state index contributed by atoms with van der Waals surface area (Å²) in [6.45, 7) is 1.26. The van der Waals surface area contributed by atoms with Crippen LogP contribution in [-0.2, 0) is 11.3 Å². The van der Waals surface area contributed by atoms with Crippen molar-refractivity contribution >= 4 is 21.8 Å². The van der Waals surface area contributed by atoms with Crippen LogP contribution >= 0.6 is 0 Å². The molecule has 1 N–H and O–H groups in total. The van der Waals surface area contributed by atoms with E-state index in [0.717, 1.165) is 19.4 Å². The summed E-state index contributed by atoms with van der Waals surface area (Å²) in [5.74, 6) is 0.561. The summed E-state index contributed by atoms with van der Waals surface area (Å²) < 4.78 is 8.73. The van der Waals surface area contributed by atoms with Gasteiger partial charge in [0.1, 0.15) is 5.82 Å². The zero-order valence-electron chi connectivity index (χ0n) is 14.5. The fourth-order valence-electron chi connectivity index (χ4n) is 3.59. The quantitative estimate of drug-likeness (QED) is 0.558. The van der Waals surface area contributed by atoms with Crippen molar-refractivity contribution < 1.29 is 4.74 Å². The molecule has 0 spiro atoms. The van der Waals surface area contributed by atoms with E-state index in [1.165, 1.54) is 4.57 Å². The summed E-state index contributed by atoms with van der Waals surface area (Å²) >= 11 is 0. The van der Waals surface area contributed by atoms with Gasteiger partial charge < -0.3 is 9.30 Å². The van der Waals surface area contributed by atoms with Crippen LogP contribution in [0.1, 0.15) is 12.8 Å². The number of rotatable bonds is 3. The van der Waals surface area contributed by atoms with Crippen molar-refractivity contribution in [3.63, 3.8) is 0 Å². The highest BCUT2D eigenvalue weighted by atomic mass is 16.5. The van der Waals surface area contributed by atoms with Crippen molar-refractivity contribution in [2.24, 2.45) is 0 Å². The van der Waals surface area contributed by atoms with Crippen molar-refractivity contribution in [2.75, 3.05) is 6.61 Å². The van der Waals surface area contributed by atoms with Crippen LogP contribution in [0.2, 0.25) is 0 Å². The molecule has 8 heteroatoms. The van der Waals surface area contributed by atoms with E-state index in [2.05, 4.69) is 15.2 Å². The van der Waals surface area contributed by atoms with Crippen LogP contribution in [0.3, 0.4) is 0 Å². The number of fused-ring (bicyclic) bond motifs is 2. The highest BCUT2D eigenvalue weighted by molar-refractivity contribution is 5.91. The van der Waals surface area contributed by atoms with E-state index < -0.39 is 0 Å². The molecule has 4 aromatic heterocycles. The molecule has 8 nitrogen and oxygen atoms in total. The molecule has 0 bridgehead atoms. The van der Waals surface area contributed by atoms with Crippen molar-refractivity contribution in [2.45, 2.75) is 25.5 Å². The van der Waals surface area contributed by atoms with Crippen molar-refractivity contribution in [1.82, 2.24) is 24.3 Å². The van der Waals surface area contributed by atoms with Gasteiger partial charge in [-0.3, -0.25) is 19.3 Å². The number of aromatic nitrogens is 5. The van der Waals surface area contributed by atoms with Crippen LogP contribution in [-0.4, -0.2) is 37.0 Å². The second-order valence-electron chi connectivity index (χ2n) is 6.70. The minimum absolute atomic E-state index is 0.0613. The van der Waals surface area contributed by atoms with Gasteiger partial charge in [-0.1, -0.05) is 0 Å². The number of nitrogens with one attached hydrogen (secondary N) is 1. The number of H-pyrrole nitrogens is 1. The third-order valence-electron chi connectivity index (χ3n) is 4.99. The lowest BCUT2D eigenvalue weighted by Gasteiger charge is -2.12. The number of pyridine rings is 3. The maximum absolute atomic E-state index is 12.9. The van der Waals surface area contributed by atoms with E-state index >= 15 is 0 Å². The number of aromatic amines is 1. The fourth-order valence-corrected chi connectivity index (χ4v) is 3.59. The lowest BCUT2D eigenvalue weighted by atomic mass is 10.2. The van der Waals surface area contributed by atoms with E-state index in [4.69, 9.17) is 4.74 Å². The van der Waals surface area contributed by atoms with Gasteiger partial charge in [-0.15, -0.1) is 0 Å². The molecule has 0 unspecified atom stereocenters. The first kappa shape index (κ1) is 16.0. The van der Waals surface area contributed by atoms with Crippen molar-refractivity contribution in [3.8, 4) is 5.82 Å². The Balaban J connectivity index is 1.69. The molecule has 1 aliphatic rings. The molecule has 0 amide bonds. The standard InChI is InChI=1S/C19H17N5O3/c25-18-13-10-14-16(5-8-24(19(14)26)17-3-6-20-22-17)21-15(13)4-7-23(18)11-12-2-1-9-27-12/h3-8,10,12H,1-2,9,11H2,(H,20,22)/t12-/m1/s1. The molecule has 0 aliphatic carbocycles. The largest absolute Gasteiger partial charge is 0.376 e. The number of ether oxygens (including phenoxy) is 1. The van der Waals surface area contributed by atoms with E-state index in [-0.39, 0.29) is 17.2 Å². The van der Waals surface area contributed by atoms with Crippen LogP contribution in [0.25, 0.3) is 27.6 Å². The Bertz CT molecular complexity index is 1250. The van der Waals surface area contributed by atoms with Gasteiger partial charge in [-0.25, -0.2) is 4.98 Å². The molecule has 5 rings (SSSR count). The summed E-state index contributed by atoms with van der Waals surface area (Å²) in [4.78, 5) is 30.3. The average molecular weight is 363 g/mol. The Morgan fingerprint density at radius 2 is 1.93 bits per heavy atom. The second kappa shape index (κ2) is 6.17. The van der Waals surface area contributed by atoms with E-state index in [0.29, 0.717) is 34.2 Å². The highest BCUT2D eigenvalue weighted by Gasteiger charge is 2.17. The van der Waals surface area contributed by atoms with Crippen molar-refractivity contribution in [3.05, 3.63) is 63.6 Å². The Kier molecular flexibility index (Phi) is 3.64. The lowest BCUT2D eigenvalue weighted by Crippen LogP contribution is -2.26. The summed E-state index contributed by atoms with van der Waals surface area (Å²) in [6.07, 6.45) is 7.01. The van der Waals surface area contributed by atoms with Gasteiger partial charge in [0.2, 0.25) is 0 Å². The monoisotopic (exact) mass is 363 g/mol. The van der Waals surface area contributed by atoms with Gasteiger partial charge in [-0.05, 0) is 31.0 Å². The number of hydrogen-bond acceptors (Lipinski definition) is 5. The van der Waals surface area contributed by atoms with Crippen LogP contribution in [0, 0.1) is 0 Å². The van der Waals surface area contributed by atoms with Crippen molar-refractivity contribution in [1.29, 1.82) is 0 Å². The molecule has 1 aliphatic heterocycles. The molecule has 1 atom stereocenters. The topological polar surface area (TPSA) is 94.8 Å². The van der Waals surface area contributed by atoms with Gasteiger partial charge in [-0.2, -0.15) is 5.10 Å². The van der Waals surface area contributed by atoms with Gasteiger partial charge >= 0.3 is 0 Å². The zero-order chi connectivity index (χ0) is 18.4. The summed E-state index contributed by atoms with van der Waals surface area (Å²) in [7, 11) is 0. The summed E-state index contributed by atoms with van der Waals surface area (Å²) in [5, 5.41) is 7.48. The van der Waals surface area contributed by atoms with Crippen LogP contribution < -0.4 is 11.1 Å². The Morgan fingerprint density at radius 3 is 2.67 bits per heavy atom. The zero-order valence-corrected chi connectivity index (χ0v) is 14.5. The number of hydrogen-bond donors (Lipinski definition) is 1. The minimum atomic E-state index is -0.250. The third kappa shape index (κ3) is 2.65. The maximum atomic E-state index is 12.9. The second-order valence-corrected chi connectivity index (χ2v) is 6.70. The Hall–Kier alpha value is -3.26. The molecular weight excluding hydrogens is 346 g/mol. The summed E-state index contributed by atoms with van der Waals surface area (Å²) in [6, 6.07) is 6.91. The van der Waals surface area contributed by atoms with Gasteiger partial charge in [0, 0.05) is 25.1 Å². The highest BCUT2D eigenvalue weighted by Crippen LogP contribution is 2.17. The van der Waals surface area contributed by atoms with Gasteiger partial charge in [0.15, 0.2) is 0 Å². The van der Waals surface area contributed by atoms with Crippen LogP contribution in [0.5, 0.6) is 0 Å². The number of nitrogens with zero attached hydrogens (tertiary/aromatic N) is 4. The molecule has 0 saturated carbocycles. The average Bonchev–Trinajstić information content (AvgIpc) is 3.38. The fraction of sp³-hybridized carbons (Fsp3) is 0.263. The third-order valence-corrected chi connectivity index (χ3v) is 4.99. The van der Waals surface area contributed by atoms with E-state index in [9.17, 15) is 9.59 Å². The molecule has 0 aromatic carbocycles. The SMILES string of the molecule is O=c1c2cc3c(=O)n(-c4ccn[nH]4)ccc3nc2ccn1C[C@H]1CCCO1. The Labute approximate surface area is 153 Å². The predicted molar refractivity (Wildman–Crippen MR) is 100 cm³/mol. The molecule has 1 fully saturated rings. The molecule has 5 heterocycles. The van der Waals surface area contributed by atoms with E-state index in [1.54, 1.807) is 41.4 Å². The first-order chi connectivity index (χ1) is 13.2. The Morgan fingerprint density at radius 1 is 1.11 bits per heavy atom. The van der Waals surface area contributed by atoms with Gasteiger partial charge in [0.25, 0.3) is 11.1 Å². The minimum Gasteiger partial charge on any atom is -0.376 e. The summed E-state index contributed by atoms with van der Waals surface area (Å²) in [5.41, 5.74) is 0.725. The molecule has 4 aromatic rings. The normalized spacial score (nSPS) is 17.1. The molecular formula is C19H17N5O3. The van der Waals surface area contributed by atoms with Gasteiger partial charge in [0.05, 0.1) is 40.7 Å². The smallest absolute Gasteiger partial charge is 0.265 e. The van der Waals surface area contributed by atoms with Crippen LogP contribution in [0.15, 0.2) is 52.4 Å². The first-order valence-corrected chi connectivity index (χ1v) is 8.87. The molecule has 0 radical (unpaired) electrons. The molecule has 1 saturated heterocycles. The predicted octanol–water partition coefficient (Wildman–Crippen LogP) is 1.60. The molecule has 136 valence electrons. The van der Waals surface area contributed by atoms with E-state index in [1.807, 2.05) is 6.07 Å². The lowest BCUT2D eigenvalue weighted by molar-refractivity contribution is 0.0963. The maximum Gasteiger partial charge on any atom is 0.265 e. The first-order valence-electron chi connectivity index (χ1n) is 8.87. The van der Waals surface area contributed by atoms with Crippen LogP contribution in [0.4, 0.5) is 0 Å². The molecule has 27 heavy (non-hydrogen) atoms.